The van der Waals surface area contributed by atoms with Crippen LogP contribution in [0.15, 0.2) is 24.3 Å². The maximum Gasteiger partial charge on any atom is 0.254 e. The molecule has 1 aromatic rings. The minimum atomic E-state index is -0.0411. The lowest BCUT2D eigenvalue weighted by Gasteiger charge is -2.22. The smallest absolute Gasteiger partial charge is 0.254 e. The van der Waals surface area contributed by atoms with Gasteiger partial charge in [-0.1, -0.05) is 6.07 Å². The van der Waals surface area contributed by atoms with Crippen LogP contribution in [0, 0.1) is 0 Å². The van der Waals surface area contributed by atoms with E-state index in [-0.39, 0.29) is 5.91 Å². The summed E-state index contributed by atoms with van der Waals surface area (Å²) < 4.78 is 15.5. The molecule has 5 heteroatoms. The van der Waals surface area contributed by atoms with Crippen molar-refractivity contribution in [2.24, 2.45) is 0 Å². The Kier molecular flexibility index (Phi) is 7.69. The second kappa shape index (κ2) is 9.34. The number of rotatable bonds is 9. The molecule has 0 saturated heterocycles. The lowest BCUT2D eigenvalue weighted by molar-refractivity contribution is 0.0627. The van der Waals surface area contributed by atoms with E-state index in [0.717, 1.165) is 0 Å². The van der Waals surface area contributed by atoms with Crippen molar-refractivity contribution in [1.82, 2.24) is 4.90 Å². The van der Waals surface area contributed by atoms with Crippen molar-refractivity contribution >= 4 is 5.91 Å². The first-order chi connectivity index (χ1) is 9.72. The Labute approximate surface area is 120 Å². The fourth-order valence-corrected chi connectivity index (χ4v) is 1.79. The summed E-state index contributed by atoms with van der Waals surface area (Å²) in [6, 6.07) is 7.22. The summed E-state index contributed by atoms with van der Waals surface area (Å²) in [5.41, 5.74) is 0.614. The van der Waals surface area contributed by atoms with Gasteiger partial charge in [0, 0.05) is 32.9 Å². The van der Waals surface area contributed by atoms with Gasteiger partial charge in [-0.25, -0.2) is 0 Å². The second-order valence-electron chi connectivity index (χ2n) is 4.24. The van der Waals surface area contributed by atoms with E-state index in [1.165, 1.54) is 0 Å². The zero-order valence-electron chi connectivity index (χ0n) is 12.4. The molecule has 112 valence electrons. The van der Waals surface area contributed by atoms with Crippen LogP contribution in [0.25, 0.3) is 0 Å². The van der Waals surface area contributed by atoms with Gasteiger partial charge < -0.3 is 19.1 Å². The summed E-state index contributed by atoms with van der Waals surface area (Å²) in [4.78, 5) is 14.2. The highest BCUT2D eigenvalue weighted by molar-refractivity contribution is 5.94. The molecular formula is C15H23NO4. The van der Waals surface area contributed by atoms with E-state index in [9.17, 15) is 4.79 Å². The van der Waals surface area contributed by atoms with Crippen LogP contribution in [0.1, 0.15) is 17.3 Å². The molecule has 0 radical (unpaired) electrons. The van der Waals surface area contributed by atoms with E-state index in [0.29, 0.717) is 44.2 Å². The zero-order valence-corrected chi connectivity index (χ0v) is 12.4. The van der Waals surface area contributed by atoms with E-state index >= 15 is 0 Å². The molecule has 0 bridgehead atoms. The van der Waals surface area contributed by atoms with E-state index in [4.69, 9.17) is 14.2 Å². The largest absolute Gasteiger partial charge is 0.494 e. The number of carbonyl (C=O) groups is 1. The van der Waals surface area contributed by atoms with Crippen LogP contribution in [0.4, 0.5) is 0 Å². The molecule has 0 saturated carbocycles. The predicted octanol–water partition coefficient (Wildman–Crippen LogP) is 1.82. The third kappa shape index (κ3) is 5.19. The Morgan fingerprint density at radius 1 is 1.15 bits per heavy atom. The highest BCUT2D eigenvalue weighted by atomic mass is 16.5. The van der Waals surface area contributed by atoms with E-state index < -0.39 is 0 Å². The molecule has 0 spiro atoms. The van der Waals surface area contributed by atoms with Crippen LogP contribution in [-0.4, -0.2) is 57.9 Å². The normalized spacial score (nSPS) is 10.3. The number of carbonyl (C=O) groups excluding carboxylic acids is 1. The molecule has 0 aliphatic carbocycles. The lowest BCUT2D eigenvalue weighted by atomic mass is 10.2. The average molecular weight is 281 g/mol. The number of nitrogens with zero attached hydrogens (tertiary/aromatic N) is 1. The first-order valence-electron chi connectivity index (χ1n) is 6.73. The molecule has 0 fully saturated rings. The van der Waals surface area contributed by atoms with Gasteiger partial charge in [-0.15, -0.1) is 0 Å². The number of hydrogen-bond acceptors (Lipinski definition) is 4. The molecule has 0 aliphatic heterocycles. The number of ether oxygens (including phenoxy) is 3. The predicted molar refractivity (Wildman–Crippen MR) is 77.3 cm³/mol. The van der Waals surface area contributed by atoms with E-state index in [1.54, 1.807) is 31.3 Å². The summed E-state index contributed by atoms with van der Waals surface area (Å²) >= 11 is 0. The fourth-order valence-electron chi connectivity index (χ4n) is 1.79. The van der Waals surface area contributed by atoms with Gasteiger partial charge in [-0.05, 0) is 25.1 Å². The molecule has 20 heavy (non-hydrogen) atoms. The van der Waals surface area contributed by atoms with Gasteiger partial charge in [0.2, 0.25) is 0 Å². The van der Waals surface area contributed by atoms with Crippen LogP contribution in [0.3, 0.4) is 0 Å². The molecular weight excluding hydrogens is 258 g/mol. The van der Waals surface area contributed by atoms with Gasteiger partial charge in [0.25, 0.3) is 5.91 Å². The molecule has 5 nitrogen and oxygen atoms in total. The molecule has 0 aliphatic rings. The molecule has 0 N–H and O–H groups in total. The molecule has 0 aromatic heterocycles. The van der Waals surface area contributed by atoms with Gasteiger partial charge in [0.15, 0.2) is 0 Å². The third-order valence-corrected chi connectivity index (χ3v) is 2.81. The Balaban J connectivity index is 2.78. The number of methoxy groups -OCH3 is 2. The Bertz CT molecular complexity index is 401. The number of hydrogen-bond donors (Lipinski definition) is 0. The topological polar surface area (TPSA) is 48.0 Å². The number of benzene rings is 1. The zero-order chi connectivity index (χ0) is 14.8. The van der Waals surface area contributed by atoms with Gasteiger partial charge in [0.1, 0.15) is 5.75 Å². The van der Waals surface area contributed by atoms with Crippen LogP contribution in [-0.2, 0) is 9.47 Å². The van der Waals surface area contributed by atoms with Crippen molar-refractivity contribution in [3.63, 3.8) is 0 Å². The summed E-state index contributed by atoms with van der Waals surface area (Å²) in [6.07, 6.45) is 0. The van der Waals surface area contributed by atoms with Crippen molar-refractivity contribution in [3.05, 3.63) is 29.8 Å². The maximum absolute atomic E-state index is 12.5. The summed E-state index contributed by atoms with van der Waals surface area (Å²) in [6.45, 7) is 4.57. The van der Waals surface area contributed by atoms with Gasteiger partial charge in [-0.2, -0.15) is 0 Å². The minimum Gasteiger partial charge on any atom is -0.494 e. The molecule has 0 atom stereocenters. The van der Waals surface area contributed by atoms with E-state index in [2.05, 4.69) is 0 Å². The fraction of sp³-hybridized carbons (Fsp3) is 0.533. The SMILES string of the molecule is CCOc1cccc(C(=O)N(CCOC)CCOC)c1. The van der Waals surface area contributed by atoms with Crippen molar-refractivity contribution < 1.29 is 19.0 Å². The van der Waals surface area contributed by atoms with Gasteiger partial charge in [-0.3, -0.25) is 4.79 Å². The van der Waals surface area contributed by atoms with Crippen LogP contribution in [0.5, 0.6) is 5.75 Å². The summed E-state index contributed by atoms with van der Waals surface area (Å²) in [5.74, 6) is 0.664. The first kappa shape index (κ1) is 16.5. The highest BCUT2D eigenvalue weighted by Crippen LogP contribution is 2.15. The van der Waals surface area contributed by atoms with Gasteiger partial charge in [0.05, 0.1) is 19.8 Å². The van der Waals surface area contributed by atoms with Crippen LogP contribution in [0.2, 0.25) is 0 Å². The van der Waals surface area contributed by atoms with Crippen molar-refractivity contribution in [1.29, 1.82) is 0 Å². The Morgan fingerprint density at radius 3 is 2.35 bits per heavy atom. The molecule has 1 amide bonds. The molecule has 1 aromatic carbocycles. The lowest BCUT2D eigenvalue weighted by Crippen LogP contribution is -2.36. The van der Waals surface area contributed by atoms with Crippen molar-refractivity contribution in [3.8, 4) is 5.75 Å². The molecule has 0 unspecified atom stereocenters. The Morgan fingerprint density at radius 2 is 1.80 bits per heavy atom. The quantitative estimate of drug-likeness (QED) is 0.693. The summed E-state index contributed by atoms with van der Waals surface area (Å²) in [5, 5.41) is 0. The third-order valence-electron chi connectivity index (χ3n) is 2.81. The van der Waals surface area contributed by atoms with Crippen molar-refractivity contribution in [2.75, 3.05) is 47.1 Å². The Hall–Kier alpha value is -1.59. The van der Waals surface area contributed by atoms with Crippen LogP contribution < -0.4 is 4.74 Å². The van der Waals surface area contributed by atoms with Crippen molar-refractivity contribution in [2.45, 2.75) is 6.92 Å². The maximum atomic E-state index is 12.5. The minimum absolute atomic E-state index is 0.0411. The molecule has 1 rings (SSSR count). The summed E-state index contributed by atoms with van der Waals surface area (Å²) in [7, 11) is 3.24. The standard InChI is InChI=1S/C15H23NO4/c1-4-20-14-7-5-6-13(12-14)15(17)16(8-10-18-2)9-11-19-3/h5-7,12H,4,8-11H2,1-3H3. The average Bonchev–Trinajstić information content (AvgIpc) is 2.47. The second-order valence-corrected chi connectivity index (χ2v) is 4.24. The van der Waals surface area contributed by atoms with Crippen LogP contribution >= 0.6 is 0 Å². The highest BCUT2D eigenvalue weighted by Gasteiger charge is 2.15. The first-order valence-corrected chi connectivity index (χ1v) is 6.73. The van der Waals surface area contributed by atoms with Gasteiger partial charge >= 0.3 is 0 Å². The number of amides is 1. The monoisotopic (exact) mass is 281 g/mol. The molecule has 0 heterocycles. The van der Waals surface area contributed by atoms with E-state index in [1.807, 2.05) is 19.1 Å².